The second-order valence-electron chi connectivity index (χ2n) is 1.89. The molecule has 0 saturated carbocycles. The molecule has 4 heteroatoms. The Kier molecular flexibility index (Phi) is 4.30. The maximum atomic E-state index is 5.50. The van der Waals surface area contributed by atoms with Gasteiger partial charge in [0.15, 0.2) is 0 Å². The number of benzene rings is 1. The lowest BCUT2D eigenvalue weighted by atomic mass is 10.3. The van der Waals surface area contributed by atoms with Gasteiger partial charge in [0.2, 0.25) is 0 Å². The Morgan fingerprint density at radius 3 is 2.55 bits per heavy atom. The van der Waals surface area contributed by atoms with E-state index in [1.165, 1.54) is 0 Å². The highest BCUT2D eigenvalue weighted by Crippen LogP contribution is 2.25. The smallest absolute Gasteiger partial charge is 0.133 e. The number of hydrogen-bond acceptors (Lipinski definition) is 2. The second kappa shape index (κ2) is 4.46. The van der Waals surface area contributed by atoms with Gasteiger partial charge in [-0.15, -0.1) is 12.4 Å². The van der Waals surface area contributed by atoms with Crippen LogP contribution in [0.15, 0.2) is 22.7 Å². The number of hydrogen-bond donors (Lipinski definition) is 1. The van der Waals surface area contributed by atoms with Crippen molar-refractivity contribution in [2.45, 2.75) is 0 Å². The zero-order valence-corrected chi connectivity index (χ0v) is 8.41. The molecule has 0 aliphatic heterocycles. The van der Waals surface area contributed by atoms with Crippen molar-refractivity contribution in [2.24, 2.45) is 0 Å². The van der Waals surface area contributed by atoms with Gasteiger partial charge in [0, 0.05) is 5.69 Å². The molecule has 1 rings (SSSR count). The number of methoxy groups -OCH3 is 1. The number of anilines is 1. The summed E-state index contributed by atoms with van der Waals surface area (Å²) < 4.78 is 5.88. The van der Waals surface area contributed by atoms with Crippen molar-refractivity contribution in [3.63, 3.8) is 0 Å². The first-order chi connectivity index (χ1) is 4.74. The minimum atomic E-state index is 0. The SMILES string of the molecule is COc1ccc(N)cc1Br.Cl. The summed E-state index contributed by atoms with van der Waals surface area (Å²) in [5.74, 6) is 0.800. The lowest BCUT2D eigenvalue weighted by molar-refractivity contribution is 0.412. The fourth-order valence-electron chi connectivity index (χ4n) is 0.683. The Morgan fingerprint density at radius 2 is 2.09 bits per heavy atom. The molecule has 0 aliphatic rings. The molecule has 0 amide bonds. The van der Waals surface area contributed by atoms with Crippen LogP contribution in [0.1, 0.15) is 0 Å². The molecule has 1 aromatic rings. The van der Waals surface area contributed by atoms with Crippen molar-refractivity contribution >= 4 is 34.0 Å². The Hall–Kier alpha value is -0.410. The average Bonchev–Trinajstić information content (AvgIpc) is 1.88. The van der Waals surface area contributed by atoms with E-state index in [1.807, 2.05) is 6.07 Å². The van der Waals surface area contributed by atoms with E-state index in [2.05, 4.69) is 15.9 Å². The van der Waals surface area contributed by atoms with E-state index in [0.29, 0.717) is 0 Å². The maximum absolute atomic E-state index is 5.50. The van der Waals surface area contributed by atoms with Crippen molar-refractivity contribution in [3.8, 4) is 5.75 Å². The quantitative estimate of drug-likeness (QED) is 0.763. The lowest BCUT2D eigenvalue weighted by Gasteiger charge is -2.01. The molecule has 0 atom stereocenters. The summed E-state index contributed by atoms with van der Waals surface area (Å²) in [5.41, 5.74) is 6.23. The Morgan fingerprint density at radius 1 is 1.45 bits per heavy atom. The van der Waals surface area contributed by atoms with Gasteiger partial charge in [0.05, 0.1) is 11.6 Å². The summed E-state index contributed by atoms with van der Waals surface area (Å²) in [4.78, 5) is 0. The number of ether oxygens (including phenoxy) is 1. The summed E-state index contributed by atoms with van der Waals surface area (Å²) in [6, 6.07) is 5.42. The number of rotatable bonds is 1. The number of nitrogens with two attached hydrogens (primary N) is 1. The molecule has 0 radical (unpaired) electrons. The predicted octanol–water partition coefficient (Wildman–Crippen LogP) is 2.46. The summed E-state index contributed by atoms with van der Waals surface area (Å²) in [7, 11) is 1.62. The topological polar surface area (TPSA) is 35.2 Å². The van der Waals surface area contributed by atoms with Crippen LogP contribution >= 0.6 is 28.3 Å². The molecular weight excluding hydrogens is 229 g/mol. The van der Waals surface area contributed by atoms with Gasteiger partial charge in [-0.1, -0.05) is 0 Å². The van der Waals surface area contributed by atoms with Gasteiger partial charge < -0.3 is 10.5 Å². The molecular formula is C7H9BrClNO. The first-order valence-corrected chi connectivity index (χ1v) is 3.62. The van der Waals surface area contributed by atoms with Crippen molar-refractivity contribution < 1.29 is 4.74 Å². The van der Waals surface area contributed by atoms with Crippen molar-refractivity contribution in [1.82, 2.24) is 0 Å². The van der Waals surface area contributed by atoms with Gasteiger partial charge in [-0.3, -0.25) is 0 Å². The molecule has 0 aliphatic carbocycles. The second-order valence-corrected chi connectivity index (χ2v) is 2.75. The summed E-state index contributed by atoms with van der Waals surface area (Å²) in [6.45, 7) is 0. The van der Waals surface area contributed by atoms with E-state index in [-0.39, 0.29) is 12.4 Å². The minimum Gasteiger partial charge on any atom is -0.496 e. The van der Waals surface area contributed by atoms with Crippen molar-refractivity contribution in [1.29, 1.82) is 0 Å². The molecule has 11 heavy (non-hydrogen) atoms. The molecule has 0 saturated heterocycles. The van der Waals surface area contributed by atoms with Crippen molar-refractivity contribution in [2.75, 3.05) is 12.8 Å². The van der Waals surface area contributed by atoms with Crippen LogP contribution < -0.4 is 10.5 Å². The standard InChI is InChI=1S/C7H8BrNO.ClH/c1-10-7-3-2-5(9)4-6(7)8;/h2-4H,9H2,1H3;1H. The molecule has 0 aromatic heterocycles. The fourth-order valence-corrected chi connectivity index (χ4v) is 1.24. The molecule has 2 N–H and O–H groups in total. The Balaban J connectivity index is 0.000001000. The zero-order chi connectivity index (χ0) is 7.56. The van der Waals surface area contributed by atoms with Gasteiger partial charge >= 0.3 is 0 Å². The molecule has 0 spiro atoms. The van der Waals surface area contributed by atoms with Crippen LogP contribution in [-0.4, -0.2) is 7.11 Å². The van der Waals surface area contributed by atoms with Gasteiger partial charge in [-0.25, -0.2) is 0 Å². The minimum absolute atomic E-state index is 0. The maximum Gasteiger partial charge on any atom is 0.133 e. The normalized spacial score (nSPS) is 8.55. The van der Waals surface area contributed by atoms with Gasteiger partial charge in [-0.05, 0) is 34.1 Å². The molecule has 2 nitrogen and oxygen atoms in total. The third-order valence-electron chi connectivity index (χ3n) is 1.18. The molecule has 0 heterocycles. The molecule has 0 bridgehead atoms. The van der Waals surface area contributed by atoms with Crippen LogP contribution in [0, 0.1) is 0 Å². The monoisotopic (exact) mass is 237 g/mol. The van der Waals surface area contributed by atoms with Crippen LogP contribution in [0.25, 0.3) is 0 Å². The van der Waals surface area contributed by atoms with Crippen LogP contribution in [0.2, 0.25) is 0 Å². The Labute approximate surface area is 80.3 Å². The van der Waals surface area contributed by atoms with E-state index >= 15 is 0 Å². The highest BCUT2D eigenvalue weighted by molar-refractivity contribution is 9.10. The van der Waals surface area contributed by atoms with E-state index in [4.69, 9.17) is 10.5 Å². The van der Waals surface area contributed by atoms with E-state index in [0.717, 1.165) is 15.9 Å². The highest BCUT2D eigenvalue weighted by atomic mass is 79.9. The first-order valence-electron chi connectivity index (χ1n) is 2.83. The van der Waals surface area contributed by atoms with Crippen LogP contribution in [0.3, 0.4) is 0 Å². The Bertz CT molecular complexity index is 242. The average molecular weight is 239 g/mol. The number of nitrogen functional groups attached to an aromatic ring is 1. The molecule has 62 valence electrons. The third kappa shape index (κ3) is 2.60. The van der Waals surface area contributed by atoms with E-state index in [1.54, 1.807) is 19.2 Å². The summed E-state index contributed by atoms with van der Waals surface area (Å²) in [6.07, 6.45) is 0. The van der Waals surface area contributed by atoms with Gasteiger partial charge in [0.1, 0.15) is 5.75 Å². The van der Waals surface area contributed by atoms with Crippen LogP contribution in [0.5, 0.6) is 5.75 Å². The first kappa shape index (κ1) is 10.6. The van der Waals surface area contributed by atoms with E-state index in [9.17, 15) is 0 Å². The van der Waals surface area contributed by atoms with Gasteiger partial charge in [0.25, 0.3) is 0 Å². The largest absolute Gasteiger partial charge is 0.496 e. The summed E-state index contributed by atoms with van der Waals surface area (Å²) in [5, 5.41) is 0. The lowest BCUT2D eigenvalue weighted by Crippen LogP contribution is -1.87. The van der Waals surface area contributed by atoms with Crippen molar-refractivity contribution in [3.05, 3.63) is 22.7 Å². The van der Waals surface area contributed by atoms with Crippen LogP contribution in [-0.2, 0) is 0 Å². The third-order valence-corrected chi connectivity index (χ3v) is 1.80. The number of halogens is 2. The molecule has 0 fully saturated rings. The zero-order valence-electron chi connectivity index (χ0n) is 6.00. The molecule has 0 unspecified atom stereocenters. The molecule has 1 aromatic carbocycles. The predicted molar refractivity (Wildman–Crippen MR) is 52.4 cm³/mol. The highest BCUT2D eigenvalue weighted by Gasteiger charge is 1.97. The fraction of sp³-hybridized carbons (Fsp3) is 0.143. The van der Waals surface area contributed by atoms with E-state index < -0.39 is 0 Å². The van der Waals surface area contributed by atoms with Crippen LogP contribution in [0.4, 0.5) is 5.69 Å². The van der Waals surface area contributed by atoms with Gasteiger partial charge in [-0.2, -0.15) is 0 Å². The summed E-state index contributed by atoms with van der Waals surface area (Å²) >= 11 is 3.30.